The number of ether oxygens (including phenoxy) is 6. The molecule has 4 aliphatic rings. The molecular weight excluding hydrogens is 548 g/mol. The number of aliphatic hydroxyl groups is 4. The number of ketones is 1. The standard InChI is InChI=1S/C27H28O14/c1-36-16-7-11(3-4-15(16)29)19(30)13-8-27(41-24(13)35)6-5-12-14(23(34)37-2)10-38-25(18(12)27)40-26-22(33)21(32)20(31)17(9-28)39-26/h3-8,10,12,17-18,20-22,25-26,28-29,31-33H,9H2,1-2H3/t12-,17+,18+,20-,21-,22+,25-,26-,27+/m0/s1. The molecule has 14 nitrogen and oxygen atoms in total. The summed E-state index contributed by atoms with van der Waals surface area (Å²) in [5.41, 5.74) is -1.93. The largest absolute Gasteiger partial charge is 0.504 e. The Morgan fingerprint density at radius 2 is 1.83 bits per heavy atom. The average molecular weight is 577 g/mol. The molecule has 1 fully saturated rings. The maximum absolute atomic E-state index is 13.3. The van der Waals surface area contributed by atoms with Crippen molar-refractivity contribution in [3.63, 3.8) is 0 Å². The first kappa shape index (κ1) is 28.7. The number of aromatic hydroxyl groups is 1. The Labute approximate surface area is 232 Å². The molecule has 5 rings (SSSR count). The molecule has 41 heavy (non-hydrogen) atoms. The number of hydrogen-bond donors (Lipinski definition) is 5. The first-order valence-corrected chi connectivity index (χ1v) is 12.5. The minimum absolute atomic E-state index is 0.0138. The van der Waals surface area contributed by atoms with Crippen molar-refractivity contribution in [1.82, 2.24) is 0 Å². The van der Waals surface area contributed by atoms with Crippen LogP contribution in [0.25, 0.3) is 0 Å². The van der Waals surface area contributed by atoms with Crippen LogP contribution >= 0.6 is 0 Å². The van der Waals surface area contributed by atoms with Crippen molar-refractivity contribution in [3.8, 4) is 11.5 Å². The van der Waals surface area contributed by atoms with Gasteiger partial charge in [0.1, 0.15) is 30.0 Å². The molecule has 0 saturated carbocycles. The van der Waals surface area contributed by atoms with E-state index in [9.17, 15) is 39.9 Å². The molecule has 0 aromatic heterocycles. The van der Waals surface area contributed by atoms with Crippen LogP contribution in [-0.2, 0) is 33.3 Å². The Kier molecular flexibility index (Phi) is 7.63. The topological polar surface area (TPSA) is 208 Å². The zero-order valence-electron chi connectivity index (χ0n) is 21.8. The summed E-state index contributed by atoms with van der Waals surface area (Å²) >= 11 is 0. The van der Waals surface area contributed by atoms with Crippen molar-refractivity contribution >= 4 is 17.7 Å². The number of phenolic OH excluding ortho intramolecular Hbond substituents is 1. The summed E-state index contributed by atoms with van der Waals surface area (Å²) in [6, 6.07) is 3.80. The third kappa shape index (κ3) is 4.77. The Hall–Kier alpha value is -3.79. The second kappa shape index (κ2) is 10.9. The van der Waals surface area contributed by atoms with Gasteiger partial charge in [-0.2, -0.15) is 0 Å². The first-order valence-electron chi connectivity index (χ1n) is 12.5. The van der Waals surface area contributed by atoms with Crippen molar-refractivity contribution in [2.75, 3.05) is 20.8 Å². The minimum Gasteiger partial charge on any atom is -0.504 e. The smallest absolute Gasteiger partial charge is 0.343 e. The molecule has 1 aromatic rings. The number of hydrogen-bond acceptors (Lipinski definition) is 14. The van der Waals surface area contributed by atoms with E-state index in [0.717, 1.165) is 6.26 Å². The third-order valence-corrected chi connectivity index (χ3v) is 7.54. The molecule has 3 heterocycles. The summed E-state index contributed by atoms with van der Waals surface area (Å²) in [6.45, 7) is -0.700. The van der Waals surface area contributed by atoms with E-state index in [2.05, 4.69) is 0 Å². The molecule has 1 saturated heterocycles. The molecule has 3 aliphatic heterocycles. The van der Waals surface area contributed by atoms with Gasteiger partial charge in [-0.3, -0.25) is 4.79 Å². The van der Waals surface area contributed by atoms with Crippen LogP contribution in [0.4, 0.5) is 0 Å². The van der Waals surface area contributed by atoms with Gasteiger partial charge in [0.15, 0.2) is 29.2 Å². The molecule has 9 atom stereocenters. The molecule has 1 aliphatic carbocycles. The monoisotopic (exact) mass is 576 g/mol. The number of Topliss-reactive ketones (excluding diaryl/α,β-unsaturated/α-hetero) is 1. The van der Waals surface area contributed by atoms with Gasteiger partial charge in [0.05, 0.1) is 38.6 Å². The highest BCUT2D eigenvalue weighted by atomic mass is 16.8. The van der Waals surface area contributed by atoms with Crippen LogP contribution in [0.15, 0.2) is 53.8 Å². The van der Waals surface area contributed by atoms with E-state index in [1.807, 2.05) is 0 Å². The van der Waals surface area contributed by atoms with Crippen molar-refractivity contribution in [3.05, 3.63) is 59.4 Å². The zero-order chi connectivity index (χ0) is 29.6. The molecule has 1 aromatic carbocycles. The number of rotatable bonds is 7. The lowest BCUT2D eigenvalue weighted by Gasteiger charge is -2.44. The number of phenols is 1. The van der Waals surface area contributed by atoms with Crippen LogP contribution in [0.5, 0.6) is 11.5 Å². The number of fused-ring (bicyclic) bond motifs is 2. The van der Waals surface area contributed by atoms with E-state index in [1.165, 1.54) is 44.6 Å². The summed E-state index contributed by atoms with van der Waals surface area (Å²) in [5.74, 6) is -4.52. The Morgan fingerprint density at radius 3 is 2.51 bits per heavy atom. The van der Waals surface area contributed by atoms with Crippen molar-refractivity contribution in [1.29, 1.82) is 0 Å². The van der Waals surface area contributed by atoms with Crippen molar-refractivity contribution in [2.45, 2.75) is 42.6 Å². The maximum Gasteiger partial charge on any atom is 0.343 e. The number of methoxy groups -OCH3 is 2. The van der Waals surface area contributed by atoms with Gasteiger partial charge in [0.2, 0.25) is 6.29 Å². The van der Waals surface area contributed by atoms with Gasteiger partial charge >= 0.3 is 11.9 Å². The number of carbonyl (C=O) groups is 3. The molecule has 220 valence electrons. The number of carbonyl (C=O) groups excluding carboxylic acids is 3. The number of aliphatic hydroxyl groups excluding tert-OH is 4. The summed E-state index contributed by atoms with van der Waals surface area (Å²) in [7, 11) is 2.47. The Morgan fingerprint density at radius 1 is 1.07 bits per heavy atom. The molecule has 0 amide bonds. The zero-order valence-corrected chi connectivity index (χ0v) is 21.8. The van der Waals surface area contributed by atoms with E-state index in [1.54, 1.807) is 6.08 Å². The predicted octanol–water partition coefficient (Wildman–Crippen LogP) is -1.16. The third-order valence-electron chi connectivity index (χ3n) is 7.54. The Balaban J connectivity index is 1.50. The van der Waals surface area contributed by atoms with Gasteiger partial charge in [0, 0.05) is 11.5 Å². The van der Waals surface area contributed by atoms with Crippen LogP contribution in [0.2, 0.25) is 0 Å². The molecule has 1 spiro atoms. The molecular formula is C27H28O14. The van der Waals surface area contributed by atoms with Crippen LogP contribution < -0.4 is 4.74 Å². The fourth-order valence-corrected chi connectivity index (χ4v) is 5.39. The predicted molar refractivity (Wildman–Crippen MR) is 132 cm³/mol. The second-order valence-electron chi connectivity index (χ2n) is 9.83. The van der Waals surface area contributed by atoms with Gasteiger partial charge in [-0.05, 0) is 30.4 Å². The fraction of sp³-hybridized carbons (Fsp3) is 0.444. The van der Waals surface area contributed by atoms with E-state index >= 15 is 0 Å². The number of esters is 2. The summed E-state index contributed by atoms with van der Waals surface area (Å²) in [6.07, 6.45) is -4.06. The molecule has 0 unspecified atom stereocenters. The van der Waals surface area contributed by atoms with Crippen molar-refractivity contribution in [2.24, 2.45) is 11.8 Å². The van der Waals surface area contributed by atoms with E-state index in [-0.39, 0.29) is 28.2 Å². The van der Waals surface area contributed by atoms with Gasteiger partial charge in [0.25, 0.3) is 0 Å². The van der Waals surface area contributed by atoms with Gasteiger partial charge in [-0.1, -0.05) is 6.08 Å². The molecule has 14 heteroatoms. The Bertz CT molecular complexity index is 1330. The van der Waals surface area contributed by atoms with E-state index in [4.69, 9.17) is 28.4 Å². The SMILES string of the molecule is COC(=O)C1=CO[C@@H](O[C@@H]2O[C@H](CO)[C@H](O)[C@H](O)[C@H]2O)[C@H]2[C@H]1C=C[C@@]21C=C(C(=O)c2ccc(O)c(OC)c2)C(=O)O1. The van der Waals surface area contributed by atoms with Crippen LogP contribution in [0.1, 0.15) is 10.4 Å². The van der Waals surface area contributed by atoms with Crippen LogP contribution in [0, 0.1) is 11.8 Å². The van der Waals surface area contributed by atoms with Gasteiger partial charge in [-0.25, -0.2) is 9.59 Å². The summed E-state index contributed by atoms with van der Waals surface area (Å²) < 4.78 is 32.6. The molecule has 0 radical (unpaired) electrons. The fourth-order valence-electron chi connectivity index (χ4n) is 5.39. The van der Waals surface area contributed by atoms with Crippen LogP contribution in [0.3, 0.4) is 0 Å². The van der Waals surface area contributed by atoms with E-state index < -0.39 is 78.8 Å². The minimum atomic E-state index is -1.77. The van der Waals surface area contributed by atoms with Gasteiger partial charge < -0.3 is 54.0 Å². The summed E-state index contributed by atoms with van der Waals surface area (Å²) in [5, 5.41) is 50.2. The lowest BCUT2D eigenvalue weighted by molar-refractivity contribution is -0.344. The highest BCUT2D eigenvalue weighted by Crippen LogP contribution is 2.51. The van der Waals surface area contributed by atoms with Crippen molar-refractivity contribution < 1.29 is 68.3 Å². The highest BCUT2D eigenvalue weighted by Gasteiger charge is 2.60. The quantitative estimate of drug-likeness (QED) is 0.112. The lowest BCUT2D eigenvalue weighted by atomic mass is 9.78. The number of benzene rings is 1. The van der Waals surface area contributed by atoms with Gasteiger partial charge in [-0.15, -0.1) is 0 Å². The summed E-state index contributed by atoms with van der Waals surface area (Å²) in [4.78, 5) is 38.9. The average Bonchev–Trinajstić information content (AvgIpc) is 3.52. The van der Waals surface area contributed by atoms with E-state index in [0.29, 0.717) is 0 Å². The second-order valence-corrected chi connectivity index (χ2v) is 9.83. The number of allylic oxidation sites excluding steroid dienone is 1. The van der Waals surface area contributed by atoms with Crippen LogP contribution in [-0.4, -0.2) is 107 Å². The molecule has 0 bridgehead atoms. The molecule has 5 N–H and O–H groups in total. The lowest BCUT2D eigenvalue weighted by Crippen LogP contribution is -2.60. The first-order chi connectivity index (χ1) is 19.5. The highest BCUT2D eigenvalue weighted by molar-refractivity contribution is 6.25. The normalized spacial score (nSPS) is 35.7. The maximum atomic E-state index is 13.3.